The van der Waals surface area contributed by atoms with Crippen LogP contribution in [0.1, 0.15) is 5.56 Å². The molecule has 0 amide bonds. The number of hydrogen-bond acceptors (Lipinski definition) is 6. The van der Waals surface area contributed by atoms with Crippen molar-refractivity contribution in [1.82, 2.24) is 0 Å². The van der Waals surface area contributed by atoms with E-state index in [-0.39, 0.29) is 5.69 Å². The van der Waals surface area contributed by atoms with Crippen molar-refractivity contribution in [2.75, 3.05) is 0 Å². The summed E-state index contributed by atoms with van der Waals surface area (Å²) in [7, 11) is -4.65. The van der Waals surface area contributed by atoms with Crippen LogP contribution in [0.5, 0.6) is 5.75 Å². The number of rotatable bonds is 4. The van der Waals surface area contributed by atoms with Crippen LogP contribution in [0.3, 0.4) is 0 Å². The zero-order chi connectivity index (χ0) is 18.9. The quantitative estimate of drug-likeness (QED) is 0.389. The third kappa shape index (κ3) is 3.19. The van der Waals surface area contributed by atoms with E-state index in [2.05, 4.69) is 21.9 Å². The van der Waals surface area contributed by atoms with Crippen molar-refractivity contribution >= 4 is 44.7 Å². The lowest BCUT2D eigenvalue weighted by atomic mass is 10.0. The van der Waals surface area contributed by atoms with Crippen LogP contribution in [0.4, 0.5) is 17.1 Å². The number of nitrogens with zero attached hydrogens (tertiary/aromatic N) is 3. The maximum absolute atomic E-state index is 11.8. The highest BCUT2D eigenvalue weighted by molar-refractivity contribution is 7.86. The largest absolute Gasteiger partial charge is 0.505 e. The standard InChI is InChI=1S/C18H15N3O4S/c1-11-14-10-16(26(23,24)25)17(21-20-12-6-4-3-5-7-12)18(22)13(14)8-9-15(11)19-2/h3-10,22H,2H2,1H3,(H,23,24,25). The van der Waals surface area contributed by atoms with E-state index >= 15 is 0 Å². The van der Waals surface area contributed by atoms with E-state index in [4.69, 9.17) is 0 Å². The summed E-state index contributed by atoms with van der Waals surface area (Å²) in [5.74, 6) is -0.395. The third-order valence-corrected chi connectivity index (χ3v) is 4.81. The van der Waals surface area contributed by atoms with E-state index in [1.807, 2.05) is 0 Å². The Bertz CT molecular complexity index is 1140. The number of fused-ring (bicyclic) bond motifs is 1. The molecule has 7 nitrogen and oxygen atoms in total. The Kier molecular flexibility index (Phi) is 4.54. The van der Waals surface area contributed by atoms with Crippen LogP contribution in [0.2, 0.25) is 0 Å². The molecule has 0 heterocycles. The Labute approximate surface area is 150 Å². The van der Waals surface area contributed by atoms with Crippen LogP contribution >= 0.6 is 0 Å². The van der Waals surface area contributed by atoms with Gasteiger partial charge < -0.3 is 5.11 Å². The second-order valence-electron chi connectivity index (χ2n) is 5.55. The predicted molar refractivity (Wildman–Crippen MR) is 100.0 cm³/mol. The molecule has 0 aliphatic heterocycles. The molecule has 132 valence electrons. The number of hydrogen-bond donors (Lipinski definition) is 2. The minimum atomic E-state index is -4.65. The number of aromatic hydroxyl groups is 1. The lowest BCUT2D eigenvalue weighted by molar-refractivity contribution is 0.472. The first-order chi connectivity index (χ1) is 12.3. The first-order valence-corrected chi connectivity index (χ1v) is 8.97. The SMILES string of the molecule is C=Nc1ccc2c(O)c(N=Nc3ccccc3)c(S(=O)(=O)O)cc2c1C. The molecule has 0 bridgehead atoms. The topological polar surface area (TPSA) is 112 Å². The molecule has 26 heavy (non-hydrogen) atoms. The molecule has 0 aliphatic carbocycles. The van der Waals surface area contributed by atoms with E-state index in [0.29, 0.717) is 27.7 Å². The first-order valence-electron chi connectivity index (χ1n) is 7.53. The Balaban J connectivity index is 2.32. The molecule has 8 heteroatoms. The van der Waals surface area contributed by atoms with E-state index in [9.17, 15) is 18.1 Å². The van der Waals surface area contributed by atoms with Crippen molar-refractivity contribution in [2.45, 2.75) is 11.8 Å². The van der Waals surface area contributed by atoms with Gasteiger partial charge in [0.05, 0.1) is 11.4 Å². The van der Waals surface area contributed by atoms with Gasteiger partial charge in [-0.1, -0.05) is 18.2 Å². The van der Waals surface area contributed by atoms with Gasteiger partial charge in [-0.2, -0.15) is 13.5 Å². The normalized spacial score (nSPS) is 11.9. The zero-order valence-electron chi connectivity index (χ0n) is 13.8. The Morgan fingerprint density at radius 1 is 1.00 bits per heavy atom. The highest BCUT2D eigenvalue weighted by Crippen LogP contribution is 2.43. The second kappa shape index (κ2) is 6.66. The van der Waals surface area contributed by atoms with Crippen molar-refractivity contribution < 1.29 is 18.1 Å². The van der Waals surface area contributed by atoms with Crippen molar-refractivity contribution in [3.8, 4) is 5.75 Å². The van der Waals surface area contributed by atoms with Crippen LogP contribution < -0.4 is 0 Å². The lowest BCUT2D eigenvalue weighted by Crippen LogP contribution is -1.99. The molecule has 3 aromatic carbocycles. The molecule has 0 atom stereocenters. The molecule has 0 unspecified atom stereocenters. The molecule has 0 aromatic heterocycles. The fourth-order valence-corrected chi connectivity index (χ4v) is 3.27. The summed E-state index contributed by atoms with van der Waals surface area (Å²) in [5.41, 5.74) is 1.29. The van der Waals surface area contributed by atoms with Gasteiger partial charge in [-0.25, -0.2) is 0 Å². The number of aryl methyl sites for hydroxylation is 1. The van der Waals surface area contributed by atoms with E-state index in [1.54, 1.807) is 49.4 Å². The Morgan fingerprint density at radius 3 is 2.31 bits per heavy atom. The minimum Gasteiger partial charge on any atom is -0.505 e. The predicted octanol–water partition coefficient (Wildman–Crippen LogP) is 4.85. The van der Waals surface area contributed by atoms with Gasteiger partial charge in [0, 0.05) is 5.39 Å². The summed E-state index contributed by atoms with van der Waals surface area (Å²) in [4.78, 5) is 3.32. The van der Waals surface area contributed by atoms with Gasteiger partial charge >= 0.3 is 0 Å². The lowest BCUT2D eigenvalue weighted by Gasteiger charge is -2.11. The van der Waals surface area contributed by atoms with E-state index < -0.39 is 20.8 Å². The van der Waals surface area contributed by atoms with Crippen molar-refractivity contribution in [1.29, 1.82) is 0 Å². The average molecular weight is 369 g/mol. The Hall–Kier alpha value is -3.10. The molecular weight excluding hydrogens is 354 g/mol. The van der Waals surface area contributed by atoms with Crippen LogP contribution in [0.25, 0.3) is 10.8 Å². The van der Waals surface area contributed by atoms with Crippen LogP contribution in [0.15, 0.2) is 68.6 Å². The first kappa shape index (κ1) is 17.7. The van der Waals surface area contributed by atoms with Gasteiger partial charge in [0.25, 0.3) is 10.1 Å². The van der Waals surface area contributed by atoms with Gasteiger partial charge in [-0.3, -0.25) is 9.55 Å². The molecule has 2 N–H and O–H groups in total. The Morgan fingerprint density at radius 2 is 1.69 bits per heavy atom. The van der Waals surface area contributed by atoms with Crippen molar-refractivity contribution in [2.24, 2.45) is 15.2 Å². The van der Waals surface area contributed by atoms with Crippen molar-refractivity contribution in [3.63, 3.8) is 0 Å². The van der Waals surface area contributed by atoms with Gasteiger partial charge in [0.1, 0.15) is 10.6 Å². The summed E-state index contributed by atoms with van der Waals surface area (Å²) in [5, 5.41) is 19.2. The fraction of sp³-hybridized carbons (Fsp3) is 0.0556. The van der Waals surface area contributed by atoms with Gasteiger partial charge in [0.15, 0.2) is 5.75 Å². The molecule has 0 radical (unpaired) electrons. The molecule has 0 spiro atoms. The highest BCUT2D eigenvalue weighted by Gasteiger charge is 2.23. The maximum Gasteiger partial charge on any atom is 0.296 e. The van der Waals surface area contributed by atoms with E-state index in [1.165, 1.54) is 6.07 Å². The van der Waals surface area contributed by atoms with Gasteiger partial charge in [0.2, 0.25) is 0 Å². The maximum atomic E-state index is 11.8. The molecule has 3 rings (SSSR count). The van der Waals surface area contributed by atoms with E-state index in [0.717, 1.165) is 0 Å². The third-order valence-electron chi connectivity index (χ3n) is 3.94. The molecule has 0 aliphatic rings. The number of phenols is 1. The van der Waals surface area contributed by atoms with Crippen LogP contribution in [0, 0.1) is 6.92 Å². The molecule has 0 saturated carbocycles. The number of benzene rings is 3. The van der Waals surface area contributed by atoms with Crippen LogP contribution in [-0.4, -0.2) is 24.8 Å². The number of azo groups is 1. The average Bonchev–Trinajstić information content (AvgIpc) is 2.61. The van der Waals surface area contributed by atoms with Crippen LogP contribution in [-0.2, 0) is 10.1 Å². The molecular formula is C18H15N3O4S. The number of aliphatic imine (C=N–C) groups is 1. The summed E-state index contributed by atoms with van der Waals surface area (Å²) in [6, 6.07) is 13.1. The molecule has 0 fully saturated rings. The highest BCUT2D eigenvalue weighted by atomic mass is 32.2. The molecule has 0 saturated heterocycles. The van der Waals surface area contributed by atoms with Crippen molar-refractivity contribution in [3.05, 3.63) is 54.1 Å². The second-order valence-corrected chi connectivity index (χ2v) is 6.94. The minimum absolute atomic E-state index is 0.331. The monoisotopic (exact) mass is 369 g/mol. The zero-order valence-corrected chi connectivity index (χ0v) is 14.6. The van der Waals surface area contributed by atoms with Gasteiger partial charge in [-0.05, 0) is 54.9 Å². The summed E-state index contributed by atoms with van der Waals surface area (Å²) in [6.07, 6.45) is 0. The van der Waals surface area contributed by atoms with Gasteiger partial charge in [-0.15, -0.1) is 5.11 Å². The number of phenolic OH excluding ortho intramolecular Hbond substituents is 1. The summed E-state index contributed by atoms with van der Waals surface area (Å²) in [6.45, 7) is 5.17. The molecule has 3 aromatic rings. The fourth-order valence-electron chi connectivity index (χ4n) is 2.62. The summed E-state index contributed by atoms with van der Waals surface area (Å²) >= 11 is 0. The summed E-state index contributed by atoms with van der Waals surface area (Å²) < 4.78 is 33.3. The smallest absolute Gasteiger partial charge is 0.296 e.